The Balaban J connectivity index is 2.47. The van der Waals surface area contributed by atoms with E-state index >= 15 is 0 Å². The number of carbonyl (C=O) groups excluding carboxylic acids is 1. The monoisotopic (exact) mass is 221 g/mol. The molecule has 16 heavy (non-hydrogen) atoms. The molecule has 0 radical (unpaired) electrons. The standard InChI is InChI=1S/C12H15NO3/c1-15-7-12(8-16-2)9-5-3-4-6-10(9)13-11(12)14/h3-6H,7-8H2,1-2H3,(H,13,14). The highest BCUT2D eigenvalue weighted by Crippen LogP contribution is 2.38. The Morgan fingerprint density at radius 3 is 2.44 bits per heavy atom. The number of amides is 1. The molecule has 4 nitrogen and oxygen atoms in total. The van der Waals surface area contributed by atoms with E-state index in [0.717, 1.165) is 11.3 Å². The molecule has 1 aliphatic rings. The van der Waals surface area contributed by atoms with Crippen LogP contribution in [0.2, 0.25) is 0 Å². The van der Waals surface area contributed by atoms with Crippen LogP contribution < -0.4 is 5.32 Å². The first-order valence-corrected chi connectivity index (χ1v) is 5.13. The molecule has 1 N–H and O–H groups in total. The summed E-state index contributed by atoms with van der Waals surface area (Å²) < 4.78 is 10.3. The molecule has 0 bridgehead atoms. The SMILES string of the molecule is COCC1(COC)C(=O)Nc2ccccc21. The number of hydrogen-bond acceptors (Lipinski definition) is 3. The number of fused-ring (bicyclic) bond motifs is 1. The van der Waals surface area contributed by atoms with Gasteiger partial charge < -0.3 is 14.8 Å². The number of methoxy groups -OCH3 is 2. The maximum Gasteiger partial charge on any atom is 0.239 e. The maximum absolute atomic E-state index is 12.1. The van der Waals surface area contributed by atoms with E-state index in [1.54, 1.807) is 14.2 Å². The first-order valence-electron chi connectivity index (χ1n) is 5.13. The van der Waals surface area contributed by atoms with Gasteiger partial charge in [-0.25, -0.2) is 0 Å². The molecule has 0 aliphatic carbocycles. The number of ether oxygens (including phenoxy) is 2. The summed E-state index contributed by atoms with van der Waals surface area (Å²) in [6.07, 6.45) is 0. The first kappa shape index (κ1) is 11.1. The number of carbonyl (C=O) groups is 1. The van der Waals surface area contributed by atoms with Crippen LogP contribution >= 0.6 is 0 Å². The molecule has 0 fully saturated rings. The van der Waals surface area contributed by atoms with Gasteiger partial charge in [-0.05, 0) is 11.6 Å². The molecule has 0 saturated carbocycles. The molecule has 1 aliphatic heterocycles. The predicted octanol–water partition coefficient (Wildman–Crippen LogP) is 1.17. The van der Waals surface area contributed by atoms with Crippen LogP contribution in [0.1, 0.15) is 5.56 Å². The lowest BCUT2D eigenvalue weighted by Crippen LogP contribution is -2.43. The second kappa shape index (κ2) is 4.23. The van der Waals surface area contributed by atoms with Gasteiger partial charge in [-0.3, -0.25) is 4.79 Å². The average molecular weight is 221 g/mol. The van der Waals surface area contributed by atoms with Crippen molar-refractivity contribution in [3.63, 3.8) is 0 Å². The summed E-state index contributed by atoms with van der Waals surface area (Å²) in [6.45, 7) is 0.646. The molecule has 2 rings (SSSR count). The van der Waals surface area contributed by atoms with E-state index in [0.29, 0.717) is 13.2 Å². The lowest BCUT2D eigenvalue weighted by atomic mass is 9.83. The van der Waals surface area contributed by atoms with Gasteiger partial charge in [0.1, 0.15) is 5.41 Å². The van der Waals surface area contributed by atoms with Crippen LogP contribution in [0.25, 0.3) is 0 Å². The average Bonchev–Trinajstić information content (AvgIpc) is 2.54. The Hall–Kier alpha value is -1.39. The molecule has 1 amide bonds. The third kappa shape index (κ3) is 1.50. The quantitative estimate of drug-likeness (QED) is 0.830. The fourth-order valence-corrected chi connectivity index (χ4v) is 2.19. The Morgan fingerprint density at radius 2 is 1.81 bits per heavy atom. The van der Waals surface area contributed by atoms with Crippen molar-refractivity contribution < 1.29 is 14.3 Å². The van der Waals surface area contributed by atoms with Gasteiger partial charge in [0.2, 0.25) is 5.91 Å². The van der Waals surface area contributed by atoms with Gasteiger partial charge in [-0.1, -0.05) is 18.2 Å². The second-order valence-corrected chi connectivity index (χ2v) is 3.95. The van der Waals surface area contributed by atoms with Gasteiger partial charge in [-0.15, -0.1) is 0 Å². The van der Waals surface area contributed by atoms with E-state index in [9.17, 15) is 4.79 Å². The molecule has 0 saturated heterocycles. The van der Waals surface area contributed by atoms with Crippen molar-refractivity contribution in [2.75, 3.05) is 32.8 Å². The van der Waals surface area contributed by atoms with Crippen molar-refractivity contribution >= 4 is 11.6 Å². The highest BCUT2D eigenvalue weighted by Gasteiger charge is 2.46. The molecule has 0 unspecified atom stereocenters. The highest BCUT2D eigenvalue weighted by molar-refractivity contribution is 6.06. The Morgan fingerprint density at radius 1 is 1.19 bits per heavy atom. The van der Waals surface area contributed by atoms with E-state index in [1.165, 1.54) is 0 Å². The first-order chi connectivity index (χ1) is 7.74. The topological polar surface area (TPSA) is 47.6 Å². The van der Waals surface area contributed by atoms with Crippen molar-refractivity contribution in [2.24, 2.45) is 0 Å². The van der Waals surface area contributed by atoms with Crippen LogP contribution in [0.3, 0.4) is 0 Å². The molecule has 1 aromatic carbocycles. The van der Waals surface area contributed by atoms with Gasteiger partial charge in [-0.2, -0.15) is 0 Å². The number of anilines is 1. The third-order valence-electron chi connectivity index (χ3n) is 2.91. The van der Waals surface area contributed by atoms with Gasteiger partial charge in [0.05, 0.1) is 13.2 Å². The number of hydrogen-bond donors (Lipinski definition) is 1. The number of para-hydroxylation sites is 1. The zero-order valence-electron chi connectivity index (χ0n) is 9.45. The van der Waals surface area contributed by atoms with E-state index in [1.807, 2.05) is 24.3 Å². The van der Waals surface area contributed by atoms with Crippen molar-refractivity contribution in [1.82, 2.24) is 0 Å². The van der Waals surface area contributed by atoms with Crippen LogP contribution in [0.4, 0.5) is 5.69 Å². The van der Waals surface area contributed by atoms with Gasteiger partial charge in [0.25, 0.3) is 0 Å². The minimum Gasteiger partial charge on any atom is -0.383 e. The Labute approximate surface area is 94.6 Å². The summed E-state index contributed by atoms with van der Waals surface area (Å²) in [5.74, 6) is -0.0580. The van der Waals surface area contributed by atoms with Crippen molar-refractivity contribution in [1.29, 1.82) is 0 Å². The molecule has 0 spiro atoms. The summed E-state index contributed by atoms with van der Waals surface area (Å²) in [5.41, 5.74) is 1.09. The number of nitrogens with one attached hydrogen (secondary N) is 1. The van der Waals surface area contributed by atoms with Crippen LogP contribution in [0.5, 0.6) is 0 Å². The van der Waals surface area contributed by atoms with Gasteiger partial charge >= 0.3 is 0 Å². The zero-order valence-corrected chi connectivity index (χ0v) is 9.45. The largest absolute Gasteiger partial charge is 0.383 e. The Kier molecular flexibility index (Phi) is 2.94. The van der Waals surface area contributed by atoms with E-state index in [2.05, 4.69) is 5.32 Å². The van der Waals surface area contributed by atoms with Crippen molar-refractivity contribution in [2.45, 2.75) is 5.41 Å². The van der Waals surface area contributed by atoms with Crippen LogP contribution in [0.15, 0.2) is 24.3 Å². The summed E-state index contributed by atoms with van der Waals surface area (Å²) >= 11 is 0. The van der Waals surface area contributed by atoms with Crippen LogP contribution in [-0.4, -0.2) is 33.3 Å². The minimum absolute atomic E-state index is 0.0580. The van der Waals surface area contributed by atoms with Crippen LogP contribution in [0, 0.1) is 0 Å². The second-order valence-electron chi connectivity index (χ2n) is 3.95. The van der Waals surface area contributed by atoms with Crippen molar-refractivity contribution in [3.8, 4) is 0 Å². The molecular weight excluding hydrogens is 206 g/mol. The molecule has 0 atom stereocenters. The van der Waals surface area contributed by atoms with Gasteiger partial charge in [0, 0.05) is 19.9 Å². The van der Waals surface area contributed by atoms with E-state index in [-0.39, 0.29) is 5.91 Å². The lowest BCUT2D eigenvalue weighted by Gasteiger charge is -2.25. The fourth-order valence-electron chi connectivity index (χ4n) is 2.19. The summed E-state index contributed by atoms with van der Waals surface area (Å²) in [7, 11) is 3.18. The van der Waals surface area contributed by atoms with E-state index < -0.39 is 5.41 Å². The number of benzene rings is 1. The normalized spacial score (nSPS) is 17.0. The number of rotatable bonds is 4. The van der Waals surface area contributed by atoms with Gasteiger partial charge in [0.15, 0.2) is 0 Å². The summed E-state index contributed by atoms with van der Waals surface area (Å²) in [5, 5.41) is 2.86. The summed E-state index contributed by atoms with van der Waals surface area (Å²) in [6, 6.07) is 7.64. The minimum atomic E-state index is -0.708. The highest BCUT2D eigenvalue weighted by atomic mass is 16.5. The molecule has 1 aromatic rings. The van der Waals surface area contributed by atoms with Crippen LogP contribution in [-0.2, 0) is 19.7 Å². The lowest BCUT2D eigenvalue weighted by molar-refractivity contribution is -0.125. The molecule has 4 heteroatoms. The fraction of sp³-hybridized carbons (Fsp3) is 0.417. The molecule has 86 valence electrons. The Bertz CT molecular complexity index is 397. The third-order valence-corrected chi connectivity index (χ3v) is 2.91. The van der Waals surface area contributed by atoms with Crippen molar-refractivity contribution in [3.05, 3.63) is 29.8 Å². The predicted molar refractivity (Wildman–Crippen MR) is 60.5 cm³/mol. The van der Waals surface area contributed by atoms with E-state index in [4.69, 9.17) is 9.47 Å². The smallest absolute Gasteiger partial charge is 0.239 e. The summed E-state index contributed by atoms with van der Waals surface area (Å²) in [4.78, 5) is 12.1. The molecule has 1 heterocycles. The molecule has 0 aromatic heterocycles. The molecular formula is C12H15NO3. The maximum atomic E-state index is 12.1. The zero-order chi connectivity index (χ0) is 11.6.